The Bertz CT molecular complexity index is 524. The zero-order chi connectivity index (χ0) is 20.6. The maximum atomic E-state index is 12.2. The maximum Gasteiger partial charge on any atom is 0.326 e. The number of carbonyl (C=O) groups excluding carboxylic acids is 3. The molecule has 0 bridgehead atoms. The van der Waals surface area contributed by atoms with Gasteiger partial charge in [-0.25, -0.2) is 4.79 Å². The fourth-order valence-corrected chi connectivity index (χ4v) is 1.91. The molecule has 0 aliphatic rings. The van der Waals surface area contributed by atoms with Crippen LogP contribution in [0, 0.1) is 5.92 Å². The molecular weight excluding hydrogens is 348 g/mol. The number of hydrogen-bond acceptors (Lipinski definition) is 7. The third-order valence-corrected chi connectivity index (χ3v) is 3.58. The average molecular weight is 376 g/mol. The Morgan fingerprint density at radius 1 is 0.885 bits per heavy atom. The van der Waals surface area contributed by atoms with E-state index in [4.69, 9.17) is 15.9 Å². The first kappa shape index (κ1) is 23.8. The second-order valence-electron chi connectivity index (χ2n) is 6.31. The van der Waals surface area contributed by atoms with E-state index in [1.807, 2.05) is 0 Å². The molecule has 3 amide bonds. The van der Waals surface area contributed by atoms with Gasteiger partial charge in [-0.1, -0.05) is 13.8 Å². The molecule has 0 heterocycles. The predicted molar refractivity (Wildman–Crippen MR) is 90.7 cm³/mol. The Morgan fingerprint density at radius 3 is 1.77 bits per heavy atom. The van der Waals surface area contributed by atoms with Crippen molar-refractivity contribution in [3.05, 3.63) is 0 Å². The van der Waals surface area contributed by atoms with Gasteiger partial charge in [0.05, 0.1) is 12.7 Å². The number of nitrogens with two attached hydrogens (primary N) is 1. The summed E-state index contributed by atoms with van der Waals surface area (Å²) in [6, 6.07) is -4.92. The minimum Gasteiger partial charge on any atom is -0.480 e. The van der Waals surface area contributed by atoms with Crippen molar-refractivity contribution < 1.29 is 34.5 Å². The molecule has 0 spiro atoms. The van der Waals surface area contributed by atoms with Crippen molar-refractivity contribution in [1.29, 1.82) is 0 Å². The summed E-state index contributed by atoms with van der Waals surface area (Å²) >= 11 is 0. The van der Waals surface area contributed by atoms with Crippen molar-refractivity contribution in [2.24, 2.45) is 11.7 Å². The first-order valence-corrected chi connectivity index (χ1v) is 8.10. The Kier molecular flexibility index (Phi) is 9.76. The van der Waals surface area contributed by atoms with Crippen LogP contribution in [-0.2, 0) is 19.2 Å². The number of rotatable bonds is 10. The molecule has 0 aromatic carbocycles. The Morgan fingerprint density at radius 2 is 1.38 bits per heavy atom. The van der Waals surface area contributed by atoms with E-state index in [1.165, 1.54) is 13.8 Å². The van der Waals surface area contributed by atoms with Crippen molar-refractivity contribution in [2.45, 2.75) is 58.0 Å². The highest BCUT2D eigenvalue weighted by Gasteiger charge is 2.32. The number of nitrogens with one attached hydrogen (secondary N) is 3. The topological polar surface area (TPSA) is 191 Å². The van der Waals surface area contributed by atoms with E-state index in [2.05, 4.69) is 16.0 Å². The van der Waals surface area contributed by atoms with E-state index in [9.17, 15) is 24.3 Å². The third-order valence-electron chi connectivity index (χ3n) is 3.58. The minimum atomic E-state index is -1.42. The number of hydrogen-bond donors (Lipinski definition) is 7. The lowest BCUT2D eigenvalue weighted by Crippen LogP contribution is -2.60. The number of aliphatic hydroxyl groups is 2. The maximum absolute atomic E-state index is 12.2. The van der Waals surface area contributed by atoms with E-state index >= 15 is 0 Å². The zero-order valence-corrected chi connectivity index (χ0v) is 15.2. The lowest BCUT2D eigenvalue weighted by atomic mass is 10.0. The summed E-state index contributed by atoms with van der Waals surface area (Å²) in [6.07, 6.45) is -1.32. The highest BCUT2D eigenvalue weighted by Crippen LogP contribution is 2.04. The quantitative estimate of drug-likeness (QED) is 0.208. The van der Waals surface area contributed by atoms with Crippen LogP contribution < -0.4 is 21.7 Å². The highest BCUT2D eigenvalue weighted by molar-refractivity contribution is 5.94. The molecule has 0 rings (SSSR count). The molecular formula is C15H28N4O7. The minimum absolute atomic E-state index is 0.417. The van der Waals surface area contributed by atoms with Crippen molar-refractivity contribution in [3.63, 3.8) is 0 Å². The average Bonchev–Trinajstić information content (AvgIpc) is 2.54. The van der Waals surface area contributed by atoms with Crippen molar-refractivity contribution in [2.75, 3.05) is 6.61 Å². The third kappa shape index (κ3) is 7.33. The van der Waals surface area contributed by atoms with Crippen LogP contribution in [0.15, 0.2) is 0 Å². The van der Waals surface area contributed by atoms with Gasteiger partial charge in [0.25, 0.3) is 0 Å². The summed E-state index contributed by atoms with van der Waals surface area (Å²) in [5.74, 6) is -4.09. The van der Waals surface area contributed by atoms with Gasteiger partial charge in [0.2, 0.25) is 17.7 Å². The number of aliphatic carboxylic acids is 1. The highest BCUT2D eigenvalue weighted by atomic mass is 16.4. The molecule has 11 nitrogen and oxygen atoms in total. The summed E-state index contributed by atoms with van der Waals surface area (Å²) in [4.78, 5) is 47.1. The summed E-state index contributed by atoms with van der Waals surface area (Å²) in [6.45, 7) is 5.15. The number of aliphatic hydroxyl groups excluding tert-OH is 2. The van der Waals surface area contributed by atoms with Gasteiger partial charge in [-0.3, -0.25) is 14.4 Å². The zero-order valence-electron chi connectivity index (χ0n) is 15.2. The largest absolute Gasteiger partial charge is 0.480 e. The van der Waals surface area contributed by atoms with Crippen molar-refractivity contribution >= 4 is 23.7 Å². The SMILES string of the molecule is CC(NC(=O)C(N)CO)C(=O)NC(C(=O)NC(C(=O)O)C(C)C)C(C)O. The molecule has 0 radical (unpaired) electrons. The summed E-state index contributed by atoms with van der Waals surface area (Å²) in [5, 5.41) is 34.4. The number of carboxylic acid groups (broad SMARTS) is 1. The lowest BCUT2D eigenvalue weighted by molar-refractivity contribution is -0.144. The molecule has 5 atom stereocenters. The van der Waals surface area contributed by atoms with Crippen LogP contribution in [0.25, 0.3) is 0 Å². The Labute approximate surface area is 151 Å². The van der Waals surface area contributed by atoms with E-state index < -0.39 is 66.5 Å². The first-order valence-electron chi connectivity index (χ1n) is 8.10. The monoisotopic (exact) mass is 376 g/mol. The van der Waals surface area contributed by atoms with Crippen molar-refractivity contribution in [3.8, 4) is 0 Å². The van der Waals surface area contributed by atoms with E-state index in [1.54, 1.807) is 13.8 Å². The molecule has 11 heteroatoms. The van der Waals surface area contributed by atoms with Gasteiger partial charge in [0.1, 0.15) is 24.2 Å². The lowest BCUT2D eigenvalue weighted by Gasteiger charge is -2.26. The summed E-state index contributed by atoms with van der Waals surface area (Å²) < 4.78 is 0. The van der Waals surface area contributed by atoms with Crippen LogP contribution in [0.4, 0.5) is 0 Å². The van der Waals surface area contributed by atoms with Crippen LogP contribution >= 0.6 is 0 Å². The predicted octanol–water partition coefficient (Wildman–Crippen LogP) is -3.10. The van der Waals surface area contributed by atoms with Gasteiger partial charge >= 0.3 is 5.97 Å². The van der Waals surface area contributed by atoms with Crippen LogP contribution in [0.5, 0.6) is 0 Å². The molecule has 5 unspecified atom stereocenters. The van der Waals surface area contributed by atoms with Gasteiger partial charge in [-0.2, -0.15) is 0 Å². The Balaban J connectivity index is 5.00. The van der Waals surface area contributed by atoms with E-state index in [0.29, 0.717) is 0 Å². The van der Waals surface area contributed by atoms with Gasteiger partial charge in [-0.05, 0) is 19.8 Å². The van der Waals surface area contributed by atoms with E-state index in [0.717, 1.165) is 0 Å². The molecule has 8 N–H and O–H groups in total. The molecule has 0 fully saturated rings. The molecule has 0 saturated carbocycles. The van der Waals surface area contributed by atoms with Gasteiger partial charge in [-0.15, -0.1) is 0 Å². The first-order chi connectivity index (χ1) is 11.9. The fourth-order valence-electron chi connectivity index (χ4n) is 1.91. The number of amides is 3. The van der Waals surface area contributed by atoms with Crippen molar-refractivity contribution in [1.82, 2.24) is 16.0 Å². The standard InChI is InChI=1S/C15H28N4O7/c1-6(2)10(15(25)26)18-14(24)11(8(4)21)19-12(22)7(3)17-13(23)9(16)5-20/h6-11,20-21H,5,16H2,1-4H3,(H,17,23)(H,18,24)(H,19,22)(H,25,26). The molecule has 150 valence electrons. The molecule has 0 aromatic heterocycles. The Hall–Kier alpha value is -2.24. The fraction of sp³-hybridized carbons (Fsp3) is 0.733. The normalized spacial score (nSPS) is 16.8. The molecule has 0 aliphatic carbocycles. The molecule has 0 saturated heterocycles. The smallest absolute Gasteiger partial charge is 0.326 e. The van der Waals surface area contributed by atoms with E-state index in [-0.39, 0.29) is 0 Å². The van der Waals surface area contributed by atoms with Crippen LogP contribution in [-0.4, -0.2) is 75.9 Å². The van der Waals surface area contributed by atoms with Crippen LogP contribution in [0.2, 0.25) is 0 Å². The van der Waals surface area contributed by atoms with Crippen LogP contribution in [0.1, 0.15) is 27.7 Å². The molecule has 0 aromatic rings. The van der Waals surface area contributed by atoms with Gasteiger partial charge in [0.15, 0.2) is 0 Å². The van der Waals surface area contributed by atoms with Crippen LogP contribution in [0.3, 0.4) is 0 Å². The molecule has 0 aliphatic heterocycles. The molecule has 26 heavy (non-hydrogen) atoms. The van der Waals surface area contributed by atoms with Gasteiger partial charge < -0.3 is 37.0 Å². The second-order valence-corrected chi connectivity index (χ2v) is 6.31. The number of carbonyl (C=O) groups is 4. The van der Waals surface area contributed by atoms with Gasteiger partial charge in [0, 0.05) is 0 Å². The number of carboxylic acids is 1. The summed E-state index contributed by atoms with van der Waals surface area (Å²) in [5.41, 5.74) is 5.32. The summed E-state index contributed by atoms with van der Waals surface area (Å²) in [7, 11) is 0. The second kappa shape index (κ2) is 10.7.